The molecule has 128 valence electrons. The van der Waals surface area contributed by atoms with Gasteiger partial charge in [-0.3, -0.25) is 4.79 Å². The molecule has 1 amide bonds. The van der Waals surface area contributed by atoms with Crippen LogP contribution < -0.4 is 10.6 Å². The van der Waals surface area contributed by atoms with Crippen molar-refractivity contribution in [3.63, 3.8) is 0 Å². The van der Waals surface area contributed by atoms with Crippen LogP contribution in [0.5, 0.6) is 0 Å². The van der Waals surface area contributed by atoms with Crippen molar-refractivity contribution < 1.29 is 4.79 Å². The van der Waals surface area contributed by atoms with Crippen LogP contribution in [-0.2, 0) is 0 Å². The molecule has 24 heavy (non-hydrogen) atoms. The van der Waals surface area contributed by atoms with Gasteiger partial charge < -0.3 is 10.6 Å². The minimum Gasteiger partial charge on any atom is -0.346 e. The molecular weight excluding hydrogens is 300 g/mol. The van der Waals surface area contributed by atoms with Crippen molar-refractivity contribution in [1.82, 2.24) is 15.3 Å². The third-order valence-corrected chi connectivity index (χ3v) is 3.49. The average Bonchev–Trinajstić information content (AvgIpc) is 2.40. The van der Waals surface area contributed by atoms with E-state index in [-0.39, 0.29) is 11.4 Å². The normalized spacial score (nSPS) is 11.3. The van der Waals surface area contributed by atoms with E-state index in [2.05, 4.69) is 53.5 Å². The van der Waals surface area contributed by atoms with Gasteiger partial charge in [-0.25, -0.2) is 9.97 Å². The molecule has 0 radical (unpaired) electrons. The van der Waals surface area contributed by atoms with Gasteiger partial charge in [-0.15, -0.1) is 0 Å². The molecule has 0 spiro atoms. The maximum atomic E-state index is 12.4. The van der Waals surface area contributed by atoms with E-state index in [0.29, 0.717) is 17.3 Å². The number of carbonyl (C=O) groups is 1. The minimum absolute atomic E-state index is 0.201. The smallest absolute Gasteiger partial charge is 0.270 e. The first-order chi connectivity index (χ1) is 11.0. The second-order valence-corrected chi connectivity index (χ2v) is 7.29. The van der Waals surface area contributed by atoms with Crippen molar-refractivity contribution in [1.29, 1.82) is 0 Å². The number of hydrogen-bond acceptors (Lipinski definition) is 4. The van der Waals surface area contributed by atoms with Crippen LogP contribution >= 0.6 is 0 Å². The molecule has 1 aromatic heterocycles. The minimum atomic E-state index is -0.312. The van der Waals surface area contributed by atoms with E-state index < -0.39 is 0 Å². The van der Waals surface area contributed by atoms with Gasteiger partial charge in [0.1, 0.15) is 17.3 Å². The molecule has 0 aliphatic rings. The maximum Gasteiger partial charge on any atom is 0.270 e. The summed E-state index contributed by atoms with van der Waals surface area (Å²) in [6.07, 6.45) is 0. The van der Waals surface area contributed by atoms with Crippen molar-refractivity contribution >= 4 is 17.4 Å². The van der Waals surface area contributed by atoms with E-state index in [1.165, 1.54) is 5.56 Å². The molecular formula is C19H26N4O. The van der Waals surface area contributed by atoms with Gasteiger partial charge in [-0.2, -0.15) is 0 Å². The van der Waals surface area contributed by atoms with E-state index in [4.69, 9.17) is 0 Å². The molecule has 1 heterocycles. The Balaban J connectivity index is 2.34. The van der Waals surface area contributed by atoms with Gasteiger partial charge in [-0.05, 0) is 59.6 Å². The first-order valence-corrected chi connectivity index (χ1v) is 8.08. The maximum absolute atomic E-state index is 12.4. The number of rotatable bonds is 3. The molecule has 2 aromatic rings. The zero-order chi connectivity index (χ0) is 18.1. The molecule has 0 atom stereocenters. The lowest BCUT2D eigenvalue weighted by molar-refractivity contribution is 0.0914. The number of aromatic nitrogens is 2. The van der Waals surface area contributed by atoms with Crippen molar-refractivity contribution in [3.8, 4) is 0 Å². The van der Waals surface area contributed by atoms with Gasteiger partial charge in [0.15, 0.2) is 0 Å². The molecule has 0 saturated heterocycles. The summed E-state index contributed by atoms with van der Waals surface area (Å²) in [6.45, 7) is 13.8. The number of hydrogen-bond donors (Lipinski definition) is 2. The predicted molar refractivity (Wildman–Crippen MR) is 97.9 cm³/mol. The molecule has 0 saturated carbocycles. The third-order valence-electron chi connectivity index (χ3n) is 3.49. The summed E-state index contributed by atoms with van der Waals surface area (Å²) in [7, 11) is 0. The standard InChI is InChI=1S/C19H26N4O/c1-11-8-12(2)17(13(3)9-11)22-16-10-15(20-14(4)21-16)18(24)23-19(5,6)7/h8-10H,1-7H3,(H,23,24)(H,20,21,22). The average molecular weight is 326 g/mol. The van der Waals surface area contributed by atoms with E-state index >= 15 is 0 Å². The summed E-state index contributed by atoms with van der Waals surface area (Å²) in [5.74, 6) is 0.978. The summed E-state index contributed by atoms with van der Waals surface area (Å²) in [4.78, 5) is 21.0. The lowest BCUT2D eigenvalue weighted by atomic mass is 10.1. The number of benzene rings is 1. The Labute approximate surface area is 143 Å². The number of amides is 1. The molecule has 5 heteroatoms. The van der Waals surface area contributed by atoms with Crippen LogP contribution in [0.4, 0.5) is 11.5 Å². The van der Waals surface area contributed by atoms with E-state index in [0.717, 1.165) is 16.8 Å². The SMILES string of the molecule is Cc1cc(C)c(Nc2cc(C(=O)NC(C)(C)C)nc(C)n2)c(C)c1. The zero-order valence-corrected chi connectivity index (χ0v) is 15.5. The highest BCUT2D eigenvalue weighted by atomic mass is 16.2. The highest BCUT2D eigenvalue weighted by molar-refractivity contribution is 5.93. The van der Waals surface area contributed by atoms with Gasteiger partial charge in [0.2, 0.25) is 0 Å². The van der Waals surface area contributed by atoms with Crippen molar-refractivity contribution in [2.45, 2.75) is 54.0 Å². The van der Waals surface area contributed by atoms with E-state index in [9.17, 15) is 4.79 Å². The number of nitrogens with one attached hydrogen (secondary N) is 2. The largest absolute Gasteiger partial charge is 0.346 e. The Morgan fingerprint density at radius 3 is 2.08 bits per heavy atom. The summed E-state index contributed by atoms with van der Waals surface area (Å²) < 4.78 is 0. The summed E-state index contributed by atoms with van der Waals surface area (Å²) in [5.41, 5.74) is 4.57. The van der Waals surface area contributed by atoms with Crippen LogP contribution in [0, 0.1) is 27.7 Å². The molecule has 0 bridgehead atoms. The van der Waals surface area contributed by atoms with E-state index in [1.54, 1.807) is 13.0 Å². The van der Waals surface area contributed by atoms with Crippen molar-refractivity contribution in [2.24, 2.45) is 0 Å². The third kappa shape index (κ3) is 4.54. The second-order valence-electron chi connectivity index (χ2n) is 7.29. The first kappa shape index (κ1) is 17.9. The lowest BCUT2D eigenvalue weighted by Gasteiger charge is -2.20. The number of nitrogens with zero attached hydrogens (tertiary/aromatic N) is 2. The highest BCUT2D eigenvalue weighted by Crippen LogP contribution is 2.25. The van der Waals surface area contributed by atoms with E-state index in [1.807, 2.05) is 20.8 Å². The molecule has 1 aromatic carbocycles. The zero-order valence-electron chi connectivity index (χ0n) is 15.5. The molecule has 0 aliphatic heterocycles. The van der Waals surface area contributed by atoms with Crippen molar-refractivity contribution in [3.05, 3.63) is 46.4 Å². The molecule has 0 fully saturated rings. The lowest BCUT2D eigenvalue weighted by Crippen LogP contribution is -2.41. The topological polar surface area (TPSA) is 66.9 Å². The summed E-state index contributed by atoms with van der Waals surface area (Å²) in [5, 5.41) is 6.26. The van der Waals surface area contributed by atoms with Gasteiger partial charge >= 0.3 is 0 Å². The Morgan fingerprint density at radius 2 is 1.54 bits per heavy atom. The fourth-order valence-corrected chi connectivity index (χ4v) is 2.66. The number of aryl methyl sites for hydroxylation is 4. The monoisotopic (exact) mass is 326 g/mol. The number of anilines is 2. The van der Waals surface area contributed by atoms with Crippen LogP contribution in [0.25, 0.3) is 0 Å². The van der Waals surface area contributed by atoms with Gasteiger partial charge in [0.25, 0.3) is 5.91 Å². The quantitative estimate of drug-likeness (QED) is 0.895. The number of carbonyl (C=O) groups excluding carboxylic acids is 1. The molecule has 0 unspecified atom stereocenters. The van der Waals surface area contributed by atoms with Crippen LogP contribution in [0.3, 0.4) is 0 Å². The summed E-state index contributed by atoms with van der Waals surface area (Å²) in [6, 6.07) is 5.93. The Kier molecular flexibility index (Phi) is 4.92. The van der Waals surface area contributed by atoms with Gasteiger partial charge in [0, 0.05) is 17.3 Å². The van der Waals surface area contributed by atoms with Gasteiger partial charge in [0.05, 0.1) is 0 Å². The molecule has 2 rings (SSSR count). The fraction of sp³-hybridized carbons (Fsp3) is 0.421. The molecule has 2 N–H and O–H groups in total. The highest BCUT2D eigenvalue weighted by Gasteiger charge is 2.18. The molecule has 0 aliphatic carbocycles. The fourth-order valence-electron chi connectivity index (χ4n) is 2.66. The predicted octanol–water partition coefficient (Wildman–Crippen LogP) is 3.98. The Morgan fingerprint density at radius 1 is 0.958 bits per heavy atom. The van der Waals surface area contributed by atoms with Crippen molar-refractivity contribution in [2.75, 3.05) is 5.32 Å². The second kappa shape index (κ2) is 6.59. The molecule has 5 nitrogen and oxygen atoms in total. The van der Waals surface area contributed by atoms with Gasteiger partial charge in [-0.1, -0.05) is 17.7 Å². The first-order valence-electron chi connectivity index (χ1n) is 8.08. The van der Waals surface area contributed by atoms with Crippen LogP contribution in [0.2, 0.25) is 0 Å². The Bertz CT molecular complexity index is 752. The van der Waals surface area contributed by atoms with Crippen LogP contribution in [-0.4, -0.2) is 21.4 Å². The summed E-state index contributed by atoms with van der Waals surface area (Å²) >= 11 is 0. The van der Waals surface area contributed by atoms with Crippen LogP contribution in [0.15, 0.2) is 18.2 Å². The Hall–Kier alpha value is -2.43. The van der Waals surface area contributed by atoms with Crippen LogP contribution in [0.1, 0.15) is 53.8 Å².